The van der Waals surface area contributed by atoms with Crippen molar-refractivity contribution in [3.05, 3.63) is 66.0 Å². The average Bonchev–Trinajstić information content (AvgIpc) is 2.87. The van der Waals surface area contributed by atoms with Gasteiger partial charge in [0.15, 0.2) is 11.5 Å². The zero-order chi connectivity index (χ0) is 26.0. The molecule has 3 rings (SSSR count). The first kappa shape index (κ1) is 26.7. The molecule has 0 unspecified atom stereocenters. The lowest BCUT2D eigenvalue weighted by atomic mass is 10.1. The minimum atomic E-state index is -3.92. The van der Waals surface area contributed by atoms with Gasteiger partial charge in [-0.2, -0.15) is 0 Å². The van der Waals surface area contributed by atoms with Crippen molar-refractivity contribution in [3.8, 4) is 11.5 Å². The second kappa shape index (κ2) is 12.7. The number of nitrogens with one attached hydrogen (secondary N) is 2. The van der Waals surface area contributed by atoms with E-state index in [1.807, 2.05) is 18.2 Å². The Balaban J connectivity index is 1.67. The van der Waals surface area contributed by atoms with E-state index in [4.69, 9.17) is 9.47 Å². The first-order chi connectivity index (χ1) is 17.3. The van der Waals surface area contributed by atoms with Crippen LogP contribution < -0.4 is 19.5 Å². The Morgan fingerprint density at radius 3 is 2.42 bits per heavy atom. The molecule has 36 heavy (non-hydrogen) atoms. The maximum absolute atomic E-state index is 12.8. The number of methoxy groups -OCH3 is 2. The van der Waals surface area contributed by atoms with Crippen LogP contribution in [-0.4, -0.2) is 38.5 Å². The number of unbranched alkanes of at least 4 members (excludes halogenated alkanes) is 2. The molecule has 0 aliphatic carbocycles. The van der Waals surface area contributed by atoms with Crippen molar-refractivity contribution in [2.24, 2.45) is 0 Å². The second-order valence-electron chi connectivity index (χ2n) is 7.89. The molecule has 2 N–H and O–H groups in total. The second-order valence-corrected chi connectivity index (χ2v) is 9.57. The number of aromatic nitrogens is 2. The van der Waals surface area contributed by atoms with E-state index in [1.165, 1.54) is 18.3 Å². The molecular formula is C26H30N4O5S. The van der Waals surface area contributed by atoms with Crippen LogP contribution in [0.5, 0.6) is 11.5 Å². The van der Waals surface area contributed by atoms with E-state index < -0.39 is 10.0 Å². The molecule has 10 heteroatoms. The summed E-state index contributed by atoms with van der Waals surface area (Å²) in [6.07, 6.45) is 8.30. The summed E-state index contributed by atoms with van der Waals surface area (Å²) in [4.78, 5) is 20.3. The zero-order valence-corrected chi connectivity index (χ0v) is 21.3. The molecule has 0 atom stereocenters. The molecule has 0 fully saturated rings. The minimum absolute atomic E-state index is 0.0290. The third-order valence-corrected chi connectivity index (χ3v) is 6.56. The van der Waals surface area contributed by atoms with Crippen LogP contribution in [0.4, 0.5) is 11.6 Å². The Morgan fingerprint density at radius 1 is 0.972 bits per heavy atom. The number of ether oxygens (including phenoxy) is 2. The molecule has 0 saturated heterocycles. The van der Waals surface area contributed by atoms with Crippen LogP contribution in [0.25, 0.3) is 12.2 Å². The Labute approximate surface area is 211 Å². The van der Waals surface area contributed by atoms with Gasteiger partial charge in [-0.25, -0.2) is 23.1 Å². The molecule has 0 aliphatic heterocycles. The molecule has 9 nitrogen and oxygen atoms in total. The summed E-state index contributed by atoms with van der Waals surface area (Å²) < 4.78 is 38.6. The number of anilines is 2. The quantitative estimate of drug-likeness (QED) is 0.330. The van der Waals surface area contributed by atoms with Gasteiger partial charge in [0.25, 0.3) is 10.0 Å². The average molecular weight is 511 g/mol. The van der Waals surface area contributed by atoms with E-state index in [0.29, 0.717) is 29.3 Å². The topological polar surface area (TPSA) is 120 Å². The van der Waals surface area contributed by atoms with Crippen LogP contribution in [0.3, 0.4) is 0 Å². The van der Waals surface area contributed by atoms with Gasteiger partial charge in [0.2, 0.25) is 11.9 Å². The van der Waals surface area contributed by atoms with Crippen molar-refractivity contribution >= 4 is 39.7 Å². The lowest BCUT2D eigenvalue weighted by Gasteiger charge is -2.09. The Kier molecular flexibility index (Phi) is 9.40. The van der Waals surface area contributed by atoms with Crippen LogP contribution in [0.1, 0.15) is 43.9 Å². The predicted octanol–water partition coefficient (Wildman–Crippen LogP) is 4.98. The van der Waals surface area contributed by atoms with Gasteiger partial charge in [-0.3, -0.25) is 4.79 Å². The van der Waals surface area contributed by atoms with E-state index in [9.17, 15) is 13.2 Å². The molecule has 3 aromatic rings. The Morgan fingerprint density at radius 2 is 1.72 bits per heavy atom. The number of benzene rings is 2. The number of carbonyl (C=O) groups is 1. The van der Waals surface area contributed by atoms with Crippen LogP contribution in [0.15, 0.2) is 59.6 Å². The summed E-state index contributed by atoms with van der Waals surface area (Å²) in [5.74, 6) is 1.06. The Hall–Kier alpha value is -3.92. The van der Waals surface area contributed by atoms with Crippen LogP contribution in [0, 0.1) is 0 Å². The molecule has 1 aromatic heterocycles. The first-order valence-corrected chi connectivity index (χ1v) is 13.0. The van der Waals surface area contributed by atoms with Crippen molar-refractivity contribution in [2.45, 2.75) is 37.5 Å². The fraction of sp³-hybridized carbons (Fsp3) is 0.269. The monoisotopic (exact) mass is 510 g/mol. The minimum Gasteiger partial charge on any atom is -0.493 e. The van der Waals surface area contributed by atoms with Crippen LogP contribution in [0.2, 0.25) is 0 Å². The first-order valence-electron chi connectivity index (χ1n) is 11.5. The van der Waals surface area contributed by atoms with Gasteiger partial charge in [0, 0.05) is 18.3 Å². The summed E-state index contributed by atoms with van der Waals surface area (Å²) in [6.45, 7) is 2.07. The highest BCUT2D eigenvalue weighted by Crippen LogP contribution is 2.28. The number of sulfonamides is 1. The van der Waals surface area contributed by atoms with Crippen molar-refractivity contribution in [1.82, 2.24) is 9.97 Å². The van der Waals surface area contributed by atoms with E-state index >= 15 is 0 Å². The number of nitrogens with zero attached hydrogens (tertiary/aromatic N) is 2. The lowest BCUT2D eigenvalue weighted by Crippen LogP contribution is -2.15. The van der Waals surface area contributed by atoms with E-state index in [-0.39, 0.29) is 16.8 Å². The fourth-order valence-electron chi connectivity index (χ4n) is 3.31. The zero-order valence-electron chi connectivity index (χ0n) is 20.5. The largest absolute Gasteiger partial charge is 0.493 e. The number of amides is 1. The molecule has 190 valence electrons. The van der Waals surface area contributed by atoms with Crippen LogP contribution >= 0.6 is 0 Å². The molecule has 0 aliphatic rings. The van der Waals surface area contributed by atoms with Crippen molar-refractivity contribution in [3.63, 3.8) is 0 Å². The number of hydrogen-bond donors (Lipinski definition) is 2. The normalized spacial score (nSPS) is 11.3. The predicted molar refractivity (Wildman–Crippen MR) is 141 cm³/mol. The highest BCUT2D eigenvalue weighted by molar-refractivity contribution is 7.92. The smallest absolute Gasteiger partial charge is 0.264 e. The van der Waals surface area contributed by atoms with Gasteiger partial charge in [0.1, 0.15) is 0 Å². The maximum Gasteiger partial charge on any atom is 0.264 e. The highest BCUT2D eigenvalue weighted by Gasteiger charge is 2.16. The van der Waals surface area contributed by atoms with Crippen molar-refractivity contribution in [1.29, 1.82) is 0 Å². The molecular weight excluding hydrogens is 480 g/mol. The van der Waals surface area contributed by atoms with Gasteiger partial charge >= 0.3 is 0 Å². The van der Waals surface area contributed by atoms with Gasteiger partial charge in [-0.1, -0.05) is 31.9 Å². The summed E-state index contributed by atoms with van der Waals surface area (Å²) in [6, 6.07) is 13.1. The molecule has 0 spiro atoms. The van der Waals surface area contributed by atoms with Crippen molar-refractivity contribution in [2.75, 3.05) is 24.3 Å². The van der Waals surface area contributed by atoms with Gasteiger partial charge < -0.3 is 14.8 Å². The SMILES string of the molecule is CCCCCC(=O)Nc1ccc(S(=O)(=O)Nc2nccc(/C=C/c3ccc(OC)c(OC)c3)n2)cc1. The summed E-state index contributed by atoms with van der Waals surface area (Å²) >= 11 is 0. The highest BCUT2D eigenvalue weighted by atomic mass is 32.2. The molecule has 2 aromatic carbocycles. The fourth-order valence-corrected chi connectivity index (χ4v) is 4.26. The lowest BCUT2D eigenvalue weighted by molar-refractivity contribution is -0.116. The molecule has 0 saturated carbocycles. The third kappa shape index (κ3) is 7.54. The molecule has 0 bridgehead atoms. The van der Waals surface area contributed by atoms with Gasteiger partial charge in [0.05, 0.1) is 24.8 Å². The maximum atomic E-state index is 12.8. The van der Waals surface area contributed by atoms with Gasteiger partial charge in [-0.05, 0) is 60.5 Å². The number of hydrogen-bond acceptors (Lipinski definition) is 7. The molecule has 0 radical (unpaired) electrons. The third-order valence-electron chi connectivity index (χ3n) is 5.21. The van der Waals surface area contributed by atoms with E-state index in [0.717, 1.165) is 24.8 Å². The summed E-state index contributed by atoms with van der Waals surface area (Å²) in [7, 11) is -0.789. The standard InChI is InChI=1S/C26H30N4O5S/c1-4-5-6-7-25(31)28-20-11-13-22(14-12-20)36(32,33)30-26-27-17-16-21(29-26)10-8-19-9-15-23(34-2)24(18-19)35-3/h8-18H,4-7H2,1-3H3,(H,28,31)(H,27,29,30)/b10-8+. The van der Waals surface area contributed by atoms with Gasteiger partial charge in [-0.15, -0.1) is 0 Å². The van der Waals surface area contributed by atoms with E-state index in [1.54, 1.807) is 44.6 Å². The molecule has 1 amide bonds. The summed E-state index contributed by atoms with van der Waals surface area (Å²) in [5, 5.41) is 2.78. The number of rotatable bonds is 12. The van der Waals surface area contributed by atoms with Crippen LogP contribution in [-0.2, 0) is 14.8 Å². The molecule has 1 heterocycles. The number of carbonyl (C=O) groups excluding carboxylic acids is 1. The van der Waals surface area contributed by atoms with E-state index in [2.05, 4.69) is 26.9 Å². The Bertz CT molecular complexity index is 1310. The summed E-state index contributed by atoms with van der Waals surface area (Å²) in [5.41, 5.74) is 1.90. The van der Waals surface area contributed by atoms with Crippen molar-refractivity contribution < 1.29 is 22.7 Å².